The van der Waals surface area contributed by atoms with Crippen molar-refractivity contribution in [2.75, 3.05) is 28.9 Å². The van der Waals surface area contributed by atoms with Crippen LogP contribution in [0.15, 0.2) is 54.9 Å². The van der Waals surface area contributed by atoms with Gasteiger partial charge in [-0.05, 0) is 49.6 Å². The number of benzene rings is 2. The Labute approximate surface area is 178 Å². The summed E-state index contributed by atoms with van der Waals surface area (Å²) >= 11 is 0. The fourth-order valence-corrected chi connectivity index (χ4v) is 4.64. The van der Waals surface area contributed by atoms with Gasteiger partial charge in [-0.1, -0.05) is 24.3 Å². The Bertz CT molecular complexity index is 1140. The molecule has 1 aromatic heterocycles. The van der Waals surface area contributed by atoms with Crippen LogP contribution in [-0.4, -0.2) is 43.2 Å². The van der Waals surface area contributed by atoms with Gasteiger partial charge in [0.05, 0.1) is 11.4 Å². The molecular weight excluding hydrogens is 396 g/mol. The Morgan fingerprint density at radius 3 is 2.87 bits per heavy atom. The lowest BCUT2D eigenvalue weighted by Gasteiger charge is -2.19. The second-order valence-corrected chi connectivity index (χ2v) is 9.93. The highest BCUT2D eigenvalue weighted by atomic mass is 32.2. The van der Waals surface area contributed by atoms with Gasteiger partial charge in [-0.3, -0.25) is 14.6 Å². The van der Waals surface area contributed by atoms with Gasteiger partial charge in [-0.2, -0.15) is 0 Å². The van der Waals surface area contributed by atoms with Crippen LogP contribution in [-0.2, 0) is 16.6 Å². The zero-order valence-electron chi connectivity index (χ0n) is 17.4. The molecule has 4 rings (SSSR count). The molecule has 1 saturated heterocycles. The van der Waals surface area contributed by atoms with Crippen molar-refractivity contribution in [3.05, 3.63) is 66.0 Å². The normalized spacial score (nSPS) is 17.3. The Kier molecular flexibility index (Phi) is 5.92. The Hall–Kier alpha value is -2.64. The molecule has 0 radical (unpaired) electrons. The van der Waals surface area contributed by atoms with E-state index >= 15 is 0 Å². The smallest absolute Gasteiger partial charge is 0.232 e. The first-order valence-electron chi connectivity index (χ1n) is 10.3. The number of sulfonamides is 1. The van der Waals surface area contributed by atoms with Crippen molar-refractivity contribution in [3.8, 4) is 0 Å². The van der Waals surface area contributed by atoms with Crippen LogP contribution in [0, 0.1) is 6.92 Å². The fraction of sp³-hybridized carbons (Fsp3) is 0.348. The lowest BCUT2D eigenvalue weighted by Crippen LogP contribution is -2.26. The van der Waals surface area contributed by atoms with Crippen molar-refractivity contribution in [2.24, 2.45) is 0 Å². The first-order chi connectivity index (χ1) is 14.4. The molecule has 7 heteroatoms. The number of fused-ring (bicyclic) bond motifs is 1. The molecule has 30 heavy (non-hydrogen) atoms. The number of aromatic nitrogens is 1. The molecule has 0 amide bonds. The van der Waals surface area contributed by atoms with Crippen LogP contribution in [0.25, 0.3) is 10.8 Å². The molecule has 2 N–H and O–H groups in total. The number of aryl methyl sites for hydroxylation is 1. The third-order valence-corrected chi connectivity index (χ3v) is 6.96. The number of hydrogen-bond donors (Lipinski definition) is 2. The van der Waals surface area contributed by atoms with Crippen LogP contribution in [0.1, 0.15) is 24.5 Å². The number of hydrogen-bond acceptors (Lipinski definition) is 5. The number of nitrogens with zero attached hydrogens (tertiary/aromatic N) is 2. The van der Waals surface area contributed by atoms with E-state index in [2.05, 4.69) is 50.3 Å². The van der Waals surface area contributed by atoms with Crippen LogP contribution >= 0.6 is 0 Å². The van der Waals surface area contributed by atoms with Gasteiger partial charge >= 0.3 is 0 Å². The number of pyridine rings is 1. The SMILES string of the molecule is CCS(=O)(=O)Nc1cc(CN2CCC(Nc3cccc4cnccc34)C2)ccc1C. The van der Waals surface area contributed by atoms with E-state index < -0.39 is 10.0 Å². The van der Waals surface area contributed by atoms with Crippen LogP contribution in [0.5, 0.6) is 0 Å². The molecule has 1 atom stereocenters. The average molecular weight is 425 g/mol. The van der Waals surface area contributed by atoms with E-state index in [1.54, 1.807) is 6.92 Å². The molecule has 1 fully saturated rings. The van der Waals surface area contributed by atoms with Crippen LogP contribution in [0.4, 0.5) is 11.4 Å². The van der Waals surface area contributed by atoms with Gasteiger partial charge in [-0.25, -0.2) is 8.42 Å². The maximum absolute atomic E-state index is 12.0. The summed E-state index contributed by atoms with van der Waals surface area (Å²) in [6.45, 7) is 6.33. The first kappa shape index (κ1) is 20.6. The van der Waals surface area contributed by atoms with Gasteiger partial charge in [0.2, 0.25) is 10.0 Å². The highest BCUT2D eigenvalue weighted by molar-refractivity contribution is 7.92. The summed E-state index contributed by atoms with van der Waals surface area (Å²) in [5.41, 5.74) is 3.87. The minimum atomic E-state index is -3.28. The molecule has 2 heterocycles. The van der Waals surface area contributed by atoms with Gasteiger partial charge in [0.1, 0.15) is 0 Å². The molecule has 1 aliphatic rings. The Morgan fingerprint density at radius 2 is 2.03 bits per heavy atom. The lowest BCUT2D eigenvalue weighted by molar-refractivity contribution is 0.329. The van der Waals surface area contributed by atoms with Gasteiger partial charge in [0.15, 0.2) is 0 Å². The van der Waals surface area contributed by atoms with Crippen LogP contribution in [0.3, 0.4) is 0 Å². The molecule has 0 spiro atoms. The largest absolute Gasteiger partial charge is 0.380 e. The predicted octanol–water partition coefficient (Wildman–Crippen LogP) is 3.99. The average Bonchev–Trinajstić information content (AvgIpc) is 3.17. The summed E-state index contributed by atoms with van der Waals surface area (Å²) in [4.78, 5) is 6.62. The van der Waals surface area contributed by atoms with E-state index in [1.807, 2.05) is 31.5 Å². The lowest BCUT2D eigenvalue weighted by atomic mass is 10.1. The predicted molar refractivity (Wildman–Crippen MR) is 123 cm³/mol. The summed E-state index contributed by atoms with van der Waals surface area (Å²) in [5.74, 6) is 0.0698. The third kappa shape index (κ3) is 4.74. The third-order valence-electron chi connectivity index (χ3n) is 5.67. The molecule has 158 valence electrons. The van der Waals surface area contributed by atoms with Crippen molar-refractivity contribution in [1.82, 2.24) is 9.88 Å². The number of nitrogens with one attached hydrogen (secondary N) is 2. The summed E-state index contributed by atoms with van der Waals surface area (Å²) in [5, 5.41) is 6.03. The van der Waals surface area contributed by atoms with E-state index in [9.17, 15) is 8.42 Å². The number of rotatable bonds is 7. The monoisotopic (exact) mass is 424 g/mol. The number of likely N-dealkylation sites (tertiary alicyclic amines) is 1. The minimum Gasteiger partial charge on any atom is -0.380 e. The summed E-state index contributed by atoms with van der Waals surface area (Å²) in [7, 11) is -3.28. The molecule has 3 aromatic rings. The van der Waals surface area contributed by atoms with E-state index in [-0.39, 0.29) is 5.75 Å². The topological polar surface area (TPSA) is 74.3 Å². The summed E-state index contributed by atoms with van der Waals surface area (Å²) < 4.78 is 26.6. The Balaban J connectivity index is 1.42. The quantitative estimate of drug-likeness (QED) is 0.600. The zero-order chi connectivity index (χ0) is 21.1. The molecule has 0 bridgehead atoms. The minimum absolute atomic E-state index is 0.0698. The summed E-state index contributed by atoms with van der Waals surface area (Å²) in [6, 6.07) is 14.7. The van der Waals surface area contributed by atoms with Gasteiger partial charge in [0, 0.05) is 54.5 Å². The molecular formula is C23H28N4O2S. The molecule has 0 aliphatic carbocycles. The summed E-state index contributed by atoms with van der Waals surface area (Å²) in [6.07, 6.45) is 4.79. The van der Waals surface area contributed by atoms with E-state index in [4.69, 9.17) is 0 Å². The van der Waals surface area contributed by atoms with Crippen molar-refractivity contribution in [2.45, 2.75) is 32.9 Å². The van der Waals surface area contributed by atoms with E-state index in [0.29, 0.717) is 11.7 Å². The number of anilines is 2. The van der Waals surface area contributed by atoms with Gasteiger partial charge in [-0.15, -0.1) is 0 Å². The molecule has 0 saturated carbocycles. The maximum Gasteiger partial charge on any atom is 0.232 e. The van der Waals surface area contributed by atoms with Crippen molar-refractivity contribution in [3.63, 3.8) is 0 Å². The first-order valence-corrected chi connectivity index (χ1v) is 12.0. The standard InChI is InChI=1S/C23H28N4O2S/c1-3-30(28,29)26-23-13-18(8-7-17(23)2)15-27-12-10-20(16-27)25-22-6-4-5-19-14-24-11-9-21(19)22/h4-9,11,13-14,20,25-26H,3,10,12,15-16H2,1-2H3. The van der Waals surface area contributed by atoms with Crippen molar-refractivity contribution >= 4 is 32.2 Å². The highest BCUT2D eigenvalue weighted by Gasteiger charge is 2.23. The van der Waals surface area contributed by atoms with E-state index in [0.717, 1.165) is 48.3 Å². The van der Waals surface area contributed by atoms with Crippen molar-refractivity contribution in [1.29, 1.82) is 0 Å². The van der Waals surface area contributed by atoms with Crippen LogP contribution < -0.4 is 10.0 Å². The molecule has 1 unspecified atom stereocenters. The van der Waals surface area contributed by atoms with Gasteiger partial charge in [0.25, 0.3) is 0 Å². The second-order valence-electron chi connectivity index (χ2n) is 7.92. The molecule has 1 aliphatic heterocycles. The van der Waals surface area contributed by atoms with Crippen molar-refractivity contribution < 1.29 is 8.42 Å². The Morgan fingerprint density at radius 1 is 1.17 bits per heavy atom. The van der Waals surface area contributed by atoms with Gasteiger partial charge < -0.3 is 5.32 Å². The van der Waals surface area contributed by atoms with E-state index in [1.165, 1.54) is 5.39 Å². The van der Waals surface area contributed by atoms with Crippen LogP contribution in [0.2, 0.25) is 0 Å². The molecule has 2 aromatic carbocycles. The zero-order valence-corrected chi connectivity index (χ0v) is 18.2. The molecule has 6 nitrogen and oxygen atoms in total. The fourth-order valence-electron chi connectivity index (χ4n) is 3.94. The second kappa shape index (κ2) is 8.62. The highest BCUT2D eigenvalue weighted by Crippen LogP contribution is 2.26. The maximum atomic E-state index is 12.0.